The van der Waals surface area contributed by atoms with Crippen LogP contribution in [-0.4, -0.2) is 23.5 Å². The van der Waals surface area contributed by atoms with E-state index < -0.39 is 0 Å². The van der Waals surface area contributed by atoms with Crippen molar-refractivity contribution in [2.45, 2.75) is 25.8 Å². The molecule has 1 aliphatic carbocycles. The molecule has 142 valence electrons. The van der Waals surface area contributed by atoms with Crippen molar-refractivity contribution in [2.75, 3.05) is 17.2 Å². The van der Waals surface area contributed by atoms with Crippen molar-refractivity contribution in [3.63, 3.8) is 0 Å². The molecule has 7 heteroatoms. The largest absolute Gasteiger partial charge is 0.334 e. The van der Waals surface area contributed by atoms with Crippen molar-refractivity contribution in [3.05, 3.63) is 54.4 Å². The summed E-state index contributed by atoms with van der Waals surface area (Å²) >= 11 is 0. The number of carbonyl (C=O) groups excluding carboxylic acids is 2. The molecule has 1 heterocycles. The standard InChI is InChI=1S/C20H25N5O2/c21-12-15-3-1-6-18(15)19(26)24-16-4-2-5-17(11-16)25-20(27)23-13-14-7-9-22-10-8-14/h2,4-5,7-11,15,18H,1,3,6,12-13,21H2,(H,24,26)(H2,23,25,27)/t15-,18-/m1/s1. The van der Waals surface area contributed by atoms with Crippen LogP contribution in [0, 0.1) is 11.8 Å². The van der Waals surface area contributed by atoms with Crippen LogP contribution in [0.15, 0.2) is 48.8 Å². The maximum atomic E-state index is 12.5. The zero-order valence-corrected chi connectivity index (χ0v) is 15.2. The van der Waals surface area contributed by atoms with Gasteiger partial charge in [0.2, 0.25) is 5.91 Å². The van der Waals surface area contributed by atoms with E-state index in [0.717, 1.165) is 24.8 Å². The van der Waals surface area contributed by atoms with Gasteiger partial charge in [-0.2, -0.15) is 0 Å². The minimum absolute atomic E-state index is 0.00207. The van der Waals surface area contributed by atoms with Crippen molar-refractivity contribution in [1.29, 1.82) is 0 Å². The summed E-state index contributed by atoms with van der Waals surface area (Å²) in [6.45, 7) is 0.949. The molecule has 0 unspecified atom stereocenters. The third-order valence-corrected chi connectivity index (χ3v) is 4.89. The van der Waals surface area contributed by atoms with Gasteiger partial charge in [-0.15, -0.1) is 0 Å². The van der Waals surface area contributed by atoms with Gasteiger partial charge < -0.3 is 21.7 Å². The molecule has 1 saturated carbocycles. The number of rotatable bonds is 6. The van der Waals surface area contributed by atoms with E-state index in [2.05, 4.69) is 20.9 Å². The molecule has 0 aliphatic heterocycles. The number of anilines is 2. The van der Waals surface area contributed by atoms with E-state index in [0.29, 0.717) is 24.5 Å². The fraction of sp³-hybridized carbons (Fsp3) is 0.350. The highest BCUT2D eigenvalue weighted by atomic mass is 16.2. The number of nitrogens with two attached hydrogens (primary N) is 1. The maximum Gasteiger partial charge on any atom is 0.319 e. The van der Waals surface area contributed by atoms with Gasteiger partial charge in [0.1, 0.15) is 0 Å². The zero-order valence-electron chi connectivity index (χ0n) is 15.2. The fourth-order valence-electron chi connectivity index (χ4n) is 3.43. The Labute approximate surface area is 158 Å². The van der Waals surface area contributed by atoms with Gasteiger partial charge in [0.25, 0.3) is 0 Å². The summed E-state index contributed by atoms with van der Waals surface area (Å²) in [4.78, 5) is 28.5. The number of hydrogen-bond donors (Lipinski definition) is 4. The number of nitrogens with one attached hydrogen (secondary N) is 3. The average molecular weight is 367 g/mol. The highest BCUT2D eigenvalue weighted by Crippen LogP contribution is 2.32. The smallest absolute Gasteiger partial charge is 0.319 e. The Morgan fingerprint density at radius 1 is 1.07 bits per heavy atom. The summed E-state index contributed by atoms with van der Waals surface area (Å²) < 4.78 is 0. The molecule has 1 aliphatic rings. The lowest BCUT2D eigenvalue weighted by molar-refractivity contribution is -0.120. The Kier molecular flexibility index (Phi) is 6.38. The van der Waals surface area contributed by atoms with Gasteiger partial charge in [0.05, 0.1) is 0 Å². The molecule has 7 nitrogen and oxygen atoms in total. The molecule has 0 radical (unpaired) electrons. The Bertz CT molecular complexity index is 781. The second-order valence-electron chi connectivity index (χ2n) is 6.77. The first-order valence-electron chi connectivity index (χ1n) is 9.20. The number of urea groups is 1. The van der Waals surface area contributed by atoms with Crippen LogP contribution >= 0.6 is 0 Å². The number of benzene rings is 1. The van der Waals surface area contributed by atoms with Gasteiger partial charge >= 0.3 is 6.03 Å². The average Bonchev–Trinajstić information content (AvgIpc) is 3.16. The minimum atomic E-state index is -0.311. The monoisotopic (exact) mass is 367 g/mol. The highest BCUT2D eigenvalue weighted by Gasteiger charge is 2.31. The number of hydrogen-bond acceptors (Lipinski definition) is 4. The molecule has 0 bridgehead atoms. The SMILES string of the molecule is NC[C@H]1CCC[C@H]1C(=O)Nc1cccc(NC(=O)NCc2ccncc2)c1. The number of pyridine rings is 1. The Morgan fingerprint density at radius 2 is 1.81 bits per heavy atom. The van der Waals surface area contributed by atoms with Gasteiger partial charge in [-0.05, 0) is 61.2 Å². The van der Waals surface area contributed by atoms with Crippen LogP contribution in [0.5, 0.6) is 0 Å². The first-order chi connectivity index (χ1) is 13.2. The number of aromatic nitrogens is 1. The second kappa shape index (κ2) is 9.14. The van der Waals surface area contributed by atoms with E-state index in [9.17, 15) is 9.59 Å². The third kappa shape index (κ3) is 5.27. The summed E-state index contributed by atoms with van der Waals surface area (Å²) in [5, 5.41) is 8.51. The van der Waals surface area contributed by atoms with Crippen LogP contribution in [0.25, 0.3) is 0 Å². The lowest BCUT2D eigenvalue weighted by Gasteiger charge is -2.17. The molecular weight excluding hydrogens is 342 g/mol. The van der Waals surface area contributed by atoms with Crippen LogP contribution < -0.4 is 21.7 Å². The Morgan fingerprint density at radius 3 is 2.56 bits per heavy atom. The molecular formula is C20H25N5O2. The van der Waals surface area contributed by atoms with E-state index in [1.807, 2.05) is 18.2 Å². The summed E-state index contributed by atoms with van der Waals surface area (Å²) in [5.74, 6) is 0.225. The first-order valence-corrected chi connectivity index (χ1v) is 9.20. The lowest BCUT2D eigenvalue weighted by atomic mass is 9.95. The fourth-order valence-corrected chi connectivity index (χ4v) is 3.43. The molecule has 2 atom stereocenters. The molecule has 27 heavy (non-hydrogen) atoms. The molecule has 1 fully saturated rings. The number of amides is 3. The molecule has 3 rings (SSSR count). The molecule has 0 saturated heterocycles. The van der Waals surface area contributed by atoms with Crippen LogP contribution in [0.2, 0.25) is 0 Å². The molecule has 0 spiro atoms. The normalized spacial score (nSPS) is 18.7. The van der Waals surface area contributed by atoms with Crippen molar-refractivity contribution in [1.82, 2.24) is 10.3 Å². The van der Waals surface area contributed by atoms with Crippen LogP contribution in [-0.2, 0) is 11.3 Å². The van der Waals surface area contributed by atoms with E-state index in [1.54, 1.807) is 30.6 Å². The maximum absolute atomic E-state index is 12.5. The van der Waals surface area contributed by atoms with E-state index in [1.165, 1.54) is 0 Å². The quantitative estimate of drug-likeness (QED) is 0.629. The number of nitrogens with zero attached hydrogens (tertiary/aromatic N) is 1. The Hall–Kier alpha value is -2.93. The molecule has 5 N–H and O–H groups in total. The third-order valence-electron chi connectivity index (χ3n) is 4.89. The van der Waals surface area contributed by atoms with Crippen LogP contribution in [0.1, 0.15) is 24.8 Å². The second-order valence-corrected chi connectivity index (χ2v) is 6.77. The van der Waals surface area contributed by atoms with Crippen molar-refractivity contribution in [2.24, 2.45) is 17.6 Å². The Balaban J connectivity index is 1.53. The predicted octanol–water partition coefficient (Wildman–Crippen LogP) is 2.72. The van der Waals surface area contributed by atoms with Gasteiger partial charge in [0.15, 0.2) is 0 Å². The number of carbonyl (C=O) groups is 2. The lowest BCUT2D eigenvalue weighted by Crippen LogP contribution is -2.30. The minimum Gasteiger partial charge on any atom is -0.334 e. The molecule has 1 aromatic heterocycles. The van der Waals surface area contributed by atoms with Crippen molar-refractivity contribution < 1.29 is 9.59 Å². The van der Waals surface area contributed by atoms with Crippen molar-refractivity contribution in [3.8, 4) is 0 Å². The topological polar surface area (TPSA) is 109 Å². The van der Waals surface area contributed by atoms with Crippen LogP contribution in [0.3, 0.4) is 0 Å². The van der Waals surface area contributed by atoms with Gasteiger partial charge in [-0.25, -0.2) is 4.79 Å². The summed E-state index contributed by atoms with van der Waals surface area (Å²) in [6, 6.07) is 10.5. The van der Waals surface area contributed by atoms with Gasteiger partial charge in [-0.1, -0.05) is 12.5 Å². The summed E-state index contributed by atoms with van der Waals surface area (Å²) in [7, 11) is 0. The highest BCUT2D eigenvalue weighted by molar-refractivity contribution is 5.94. The van der Waals surface area contributed by atoms with E-state index in [-0.39, 0.29) is 23.8 Å². The predicted molar refractivity (Wildman–Crippen MR) is 105 cm³/mol. The first kappa shape index (κ1) is 18.8. The summed E-state index contributed by atoms with van der Waals surface area (Å²) in [6.07, 6.45) is 6.29. The van der Waals surface area contributed by atoms with Crippen molar-refractivity contribution >= 4 is 23.3 Å². The molecule has 3 amide bonds. The zero-order chi connectivity index (χ0) is 19.1. The molecule has 2 aromatic rings. The van der Waals surface area contributed by atoms with E-state index in [4.69, 9.17) is 5.73 Å². The van der Waals surface area contributed by atoms with Gasteiger partial charge in [-0.3, -0.25) is 9.78 Å². The van der Waals surface area contributed by atoms with Crippen LogP contribution in [0.4, 0.5) is 16.2 Å². The summed E-state index contributed by atoms with van der Waals surface area (Å²) in [5.41, 5.74) is 8.01. The van der Waals surface area contributed by atoms with E-state index >= 15 is 0 Å². The molecule has 1 aromatic carbocycles. The van der Waals surface area contributed by atoms with Gasteiger partial charge in [0, 0.05) is 36.2 Å².